The first-order chi connectivity index (χ1) is 10.1. The summed E-state index contributed by atoms with van der Waals surface area (Å²) in [5.41, 5.74) is 0.885. The van der Waals surface area contributed by atoms with Gasteiger partial charge in [0.1, 0.15) is 12.4 Å². The van der Waals surface area contributed by atoms with Gasteiger partial charge in [0.2, 0.25) is 5.91 Å². The highest BCUT2D eigenvalue weighted by Crippen LogP contribution is 2.12. The van der Waals surface area contributed by atoms with Crippen molar-refractivity contribution in [3.8, 4) is 5.75 Å². The summed E-state index contributed by atoms with van der Waals surface area (Å²) in [6.45, 7) is 2.59. The normalized spacial score (nSPS) is 10.5. The Balaban J connectivity index is 2.28. The van der Waals surface area contributed by atoms with E-state index in [4.69, 9.17) is 14.6 Å². The van der Waals surface area contributed by atoms with Crippen LogP contribution in [0.1, 0.15) is 12.5 Å². The predicted octanol–water partition coefficient (Wildman–Crippen LogP) is 1.32. The molecule has 0 aliphatic carbocycles. The van der Waals surface area contributed by atoms with Crippen molar-refractivity contribution in [1.82, 2.24) is 5.32 Å². The van der Waals surface area contributed by atoms with E-state index in [1.807, 2.05) is 31.2 Å². The number of carboxylic acids is 1. The number of carboxylic acid groups (broad SMARTS) is 1. The molecule has 6 nitrogen and oxygen atoms in total. The van der Waals surface area contributed by atoms with E-state index in [-0.39, 0.29) is 25.7 Å². The minimum absolute atomic E-state index is 0.162. The number of aliphatic carboxylic acids is 1. The summed E-state index contributed by atoms with van der Waals surface area (Å²) >= 11 is 0. The van der Waals surface area contributed by atoms with Gasteiger partial charge in [0.05, 0.1) is 13.2 Å². The van der Waals surface area contributed by atoms with Gasteiger partial charge in [0.25, 0.3) is 0 Å². The maximum absolute atomic E-state index is 11.5. The number of amides is 1. The molecule has 1 rings (SSSR count). The molecule has 1 amide bonds. The lowest BCUT2D eigenvalue weighted by atomic mass is 10.2. The number of ether oxygens (including phenoxy) is 2. The topological polar surface area (TPSA) is 84.9 Å². The fourth-order valence-corrected chi connectivity index (χ4v) is 1.48. The lowest BCUT2D eigenvalue weighted by Crippen LogP contribution is -2.26. The Morgan fingerprint density at radius 1 is 1.29 bits per heavy atom. The monoisotopic (exact) mass is 293 g/mol. The molecule has 0 heterocycles. The van der Waals surface area contributed by atoms with Crippen LogP contribution in [0, 0.1) is 0 Å². The molecule has 0 radical (unpaired) electrons. The van der Waals surface area contributed by atoms with Gasteiger partial charge in [-0.15, -0.1) is 0 Å². The Morgan fingerprint density at radius 2 is 2.00 bits per heavy atom. The molecular formula is C15H19NO5. The summed E-state index contributed by atoms with van der Waals surface area (Å²) in [6.07, 6.45) is 3.09. The zero-order chi connectivity index (χ0) is 15.5. The number of hydrogen-bond acceptors (Lipinski definition) is 4. The summed E-state index contributed by atoms with van der Waals surface area (Å²) in [6, 6.07) is 7.37. The molecule has 2 N–H and O–H groups in total. The first-order valence-electron chi connectivity index (χ1n) is 6.60. The Bertz CT molecular complexity index is 481. The van der Waals surface area contributed by atoms with Crippen LogP contribution in [0.2, 0.25) is 0 Å². The Kier molecular flexibility index (Phi) is 7.60. The van der Waals surface area contributed by atoms with Gasteiger partial charge in [-0.1, -0.05) is 12.1 Å². The zero-order valence-corrected chi connectivity index (χ0v) is 11.9. The molecule has 0 aliphatic rings. The van der Waals surface area contributed by atoms with Crippen molar-refractivity contribution in [3.05, 3.63) is 35.9 Å². The summed E-state index contributed by atoms with van der Waals surface area (Å²) in [7, 11) is 0. The lowest BCUT2D eigenvalue weighted by molar-refractivity contribution is -0.142. The molecule has 0 bridgehead atoms. The minimum atomic E-state index is -1.03. The molecule has 21 heavy (non-hydrogen) atoms. The van der Waals surface area contributed by atoms with Gasteiger partial charge in [-0.3, -0.25) is 4.79 Å². The van der Waals surface area contributed by atoms with Gasteiger partial charge < -0.3 is 19.9 Å². The second-order valence-corrected chi connectivity index (χ2v) is 4.07. The van der Waals surface area contributed by atoms with Gasteiger partial charge in [-0.25, -0.2) is 4.79 Å². The fraction of sp³-hybridized carbons (Fsp3) is 0.333. The molecule has 1 aromatic carbocycles. The van der Waals surface area contributed by atoms with Crippen LogP contribution in [-0.2, 0) is 14.3 Å². The number of carbonyl (C=O) groups is 2. The van der Waals surface area contributed by atoms with Crippen LogP contribution in [-0.4, -0.2) is 43.3 Å². The minimum Gasteiger partial charge on any atom is -0.494 e. The second kappa shape index (κ2) is 9.55. The van der Waals surface area contributed by atoms with Crippen LogP contribution in [0.4, 0.5) is 0 Å². The van der Waals surface area contributed by atoms with Gasteiger partial charge >= 0.3 is 5.97 Å². The number of benzene rings is 1. The van der Waals surface area contributed by atoms with Crippen molar-refractivity contribution >= 4 is 18.0 Å². The van der Waals surface area contributed by atoms with Crippen molar-refractivity contribution in [1.29, 1.82) is 0 Å². The van der Waals surface area contributed by atoms with E-state index < -0.39 is 5.97 Å². The predicted molar refractivity (Wildman–Crippen MR) is 78.1 cm³/mol. The largest absolute Gasteiger partial charge is 0.494 e. The van der Waals surface area contributed by atoms with Gasteiger partial charge in [-0.05, 0) is 30.7 Å². The smallest absolute Gasteiger partial charge is 0.329 e. The van der Waals surface area contributed by atoms with E-state index in [1.165, 1.54) is 6.08 Å². The summed E-state index contributed by atoms with van der Waals surface area (Å²) in [5.74, 6) is -0.505. The maximum Gasteiger partial charge on any atom is 0.329 e. The highest BCUT2D eigenvalue weighted by molar-refractivity contribution is 5.91. The molecule has 0 aliphatic heterocycles. The van der Waals surface area contributed by atoms with Crippen molar-refractivity contribution in [2.45, 2.75) is 6.92 Å². The molecule has 114 valence electrons. The highest BCUT2D eigenvalue weighted by atomic mass is 16.5. The Hall–Kier alpha value is -2.34. The molecule has 6 heteroatoms. The number of hydrogen-bond donors (Lipinski definition) is 2. The third kappa shape index (κ3) is 7.74. The first-order valence-corrected chi connectivity index (χ1v) is 6.60. The zero-order valence-electron chi connectivity index (χ0n) is 11.9. The van der Waals surface area contributed by atoms with Crippen LogP contribution in [0.15, 0.2) is 30.3 Å². The van der Waals surface area contributed by atoms with Crippen LogP contribution in [0.3, 0.4) is 0 Å². The van der Waals surface area contributed by atoms with E-state index in [0.29, 0.717) is 6.61 Å². The SMILES string of the molecule is CCOc1ccc(C=CC(=O)NCCOCC(=O)O)cc1. The van der Waals surface area contributed by atoms with Gasteiger partial charge in [0, 0.05) is 12.6 Å². The molecule has 0 aromatic heterocycles. The third-order valence-corrected chi connectivity index (χ3v) is 2.39. The average Bonchev–Trinajstić information content (AvgIpc) is 2.46. The highest BCUT2D eigenvalue weighted by Gasteiger charge is 1.98. The number of rotatable bonds is 9. The van der Waals surface area contributed by atoms with Crippen LogP contribution in [0.25, 0.3) is 6.08 Å². The molecule has 0 fully saturated rings. The molecule has 1 aromatic rings. The van der Waals surface area contributed by atoms with E-state index in [0.717, 1.165) is 11.3 Å². The molecule has 0 saturated carbocycles. The van der Waals surface area contributed by atoms with Crippen molar-refractivity contribution < 1.29 is 24.2 Å². The maximum atomic E-state index is 11.5. The Morgan fingerprint density at radius 3 is 2.62 bits per heavy atom. The number of carbonyl (C=O) groups excluding carboxylic acids is 1. The van der Waals surface area contributed by atoms with Gasteiger partial charge in [0.15, 0.2) is 0 Å². The van der Waals surface area contributed by atoms with Crippen molar-refractivity contribution in [2.75, 3.05) is 26.4 Å². The molecule has 0 unspecified atom stereocenters. The van der Waals surface area contributed by atoms with Crippen LogP contribution >= 0.6 is 0 Å². The molecule has 0 saturated heterocycles. The summed E-state index contributed by atoms with van der Waals surface area (Å²) in [4.78, 5) is 21.7. The molecular weight excluding hydrogens is 274 g/mol. The Labute approximate surface area is 123 Å². The molecule has 0 atom stereocenters. The van der Waals surface area contributed by atoms with Crippen LogP contribution in [0.5, 0.6) is 5.75 Å². The second-order valence-electron chi connectivity index (χ2n) is 4.07. The lowest BCUT2D eigenvalue weighted by Gasteiger charge is -2.03. The summed E-state index contributed by atoms with van der Waals surface area (Å²) < 4.78 is 10.1. The van der Waals surface area contributed by atoms with E-state index in [1.54, 1.807) is 6.08 Å². The molecule has 0 spiro atoms. The van der Waals surface area contributed by atoms with Crippen LogP contribution < -0.4 is 10.1 Å². The third-order valence-electron chi connectivity index (χ3n) is 2.39. The first kappa shape index (κ1) is 16.7. The van der Waals surface area contributed by atoms with E-state index in [9.17, 15) is 9.59 Å². The van der Waals surface area contributed by atoms with E-state index >= 15 is 0 Å². The van der Waals surface area contributed by atoms with Crippen molar-refractivity contribution in [3.63, 3.8) is 0 Å². The average molecular weight is 293 g/mol. The standard InChI is InChI=1S/C15H19NO5/c1-2-21-13-6-3-12(4-7-13)5-8-14(17)16-9-10-20-11-15(18)19/h3-8H,2,9-11H2,1H3,(H,16,17)(H,18,19). The quantitative estimate of drug-likeness (QED) is 0.530. The van der Waals surface area contributed by atoms with E-state index in [2.05, 4.69) is 5.32 Å². The van der Waals surface area contributed by atoms with Crippen molar-refractivity contribution in [2.24, 2.45) is 0 Å². The fourth-order valence-electron chi connectivity index (χ4n) is 1.48. The van der Waals surface area contributed by atoms with Gasteiger partial charge in [-0.2, -0.15) is 0 Å². The number of nitrogens with one attached hydrogen (secondary N) is 1. The summed E-state index contributed by atoms with van der Waals surface area (Å²) in [5, 5.41) is 10.9.